The number of hydrogen-bond donors (Lipinski definition) is 3. The molecular formula is C27H27FNO5P. The maximum Gasteiger partial charge on any atom is 0.305 e. The topological polar surface area (TPSA) is 108 Å². The van der Waals surface area contributed by atoms with Crippen molar-refractivity contribution in [1.82, 2.24) is 4.98 Å². The highest BCUT2D eigenvalue weighted by Gasteiger charge is 2.24. The van der Waals surface area contributed by atoms with Crippen LogP contribution in [0.3, 0.4) is 0 Å². The van der Waals surface area contributed by atoms with E-state index in [2.05, 4.69) is 11.6 Å². The summed E-state index contributed by atoms with van der Waals surface area (Å²) in [5.74, 6) is 1.05. The highest BCUT2D eigenvalue weighted by Crippen LogP contribution is 2.41. The summed E-state index contributed by atoms with van der Waals surface area (Å²) in [5.41, 5.74) is 6.96. The van der Waals surface area contributed by atoms with E-state index in [1.807, 2.05) is 50.2 Å². The number of carboxylic acid groups (broad SMARTS) is 1. The Bertz CT molecular complexity index is 1340. The number of nitrogens with zero attached hydrogens (tertiary/aromatic N) is 1. The molecule has 0 bridgehead atoms. The lowest BCUT2D eigenvalue weighted by molar-refractivity contribution is -0.138. The third-order valence-electron chi connectivity index (χ3n) is 5.37. The van der Waals surface area contributed by atoms with Crippen molar-refractivity contribution in [2.24, 2.45) is 0 Å². The Kier molecular flexibility index (Phi) is 8.24. The zero-order valence-corrected chi connectivity index (χ0v) is 20.6. The number of rotatable bonds is 7. The third-order valence-corrected chi connectivity index (χ3v) is 6.74. The van der Waals surface area contributed by atoms with E-state index in [-0.39, 0.29) is 11.7 Å². The maximum absolute atomic E-state index is 13.9. The van der Waals surface area contributed by atoms with Crippen molar-refractivity contribution < 1.29 is 28.9 Å². The maximum atomic E-state index is 13.9. The zero-order valence-electron chi connectivity index (χ0n) is 19.7. The first-order chi connectivity index (χ1) is 16.5. The number of halogens is 1. The van der Waals surface area contributed by atoms with Crippen molar-refractivity contribution in [1.29, 1.82) is 0 Å². The number of carbonyl (C=O) groups is 1. The number of aliphatic hydroxyl groups is 1. The third kappa shape index (κ3) is 6.86. The molecule has 0 saturated carbocycles. The molecule has 1 heterocycles. The van der Waals surface area contributed by atoms with E-state index in [1.165, 1.54) is 12.1 Å². The summed E-state index contributed by atoms with van der Waals surface area (Å²) in [4.78, 5) is 25.9. The summed E-state index contributed by atoms with van der Waals surface area (Å²) in [6.07, 6.45) is -2.82. The number of aliphatic hydroxyl groups excluding tert-OH is 1. The largest absolute Gasteiger partial charge is 0.481 e. The molecule has 182 valence electrons. The Balaban J connectivity index is 2.22. The molecule has 8 heteroatoms. The Labute approximate surface area is 203 Å². The average Bonchev–Trinajstić information content (AvgIpc) is 2.77. The first-order valence-corrected chi connectivity index (χ1v) is 12.9. The molecule has 1 unspecified atom stereocenters. The quantitative estimate of drug-likeness (QED) is 0.299. The fraction of sp³-hybridized carbons (Fsp3) is 0.259. The van der Waals surface area contributed by atoms with Gasteiger partial charge in [-0.05, 0) is 47.8 Å². The van der Waals surface area contributed by atoms with Gasteiger partial charge in [-0.25, -0.2) is 4.39 Å². The van der Waals surface area contributed by atoms with E-state index >= 15 is 0 Å². The van der Waals surface area contributed by atoms with Gasteiger partial charge in [-0.1, -0.05) is 56.2 Å². The molecule has 3 rings (SSSR count). The number of pyridine rings is 1. The number of aliphatic carboxylic acids is 1. The van der Waals surface area contributed by atoms with E-state index in [0.717, 1.165) is 5.56 Å². The average molecular weight is 495 g/mol. The van der Waals surface area contributed by atoms with Gasteiger partial charge in [-0.2, -0.15) is 0 Å². The Morgan fingerprint density at radius 2 is 1.80 bits per heavy atom. The summed E-state index contributed by atoms with van der Waals surface area (Å²) in [7, 11) is -4.18. The van der Waals surface area contributed by atoms with Crippen molar-refractivity contribution in [3.05, 3.63) is 77.2 Å². The first-order valence-electron chi connectivity index (χ1n) is 11.1. The smallest absolute Gasteiger partial charge is 0.305 e. The van der Waals surface area contributed by atoms with Crippen LogP contribution in [-0.2, 0) is 9.36 Å². The molecular weight excluding hydrogens is 468 g/mol. The van der Waals surface area contributed by atoms with Gasteiger partial charge in [0.15, 0.2) is 0 Å². The molecule has 2 atom stereocenters. The number of aromatic nitrogens is 1. The van der Waals surface area contributed by atoms with Crippen LogP contribution in [0.25, 0.3) is 22.4 Å². The SMILES string of the molecule is Cc1cc(F)ccc1-c1cc(-c2ccccc2)nc(C(C)C)c1C#CP(=O)(O)C[C@@H](O)CC(=O)O. The minimum Gasteiger partial charge on any atom is -0.481 e. The van der Waals surface area contributed by atoms with Gasteiger partial charge in [0, 0.05) is 11.1 Å². The van der Waals surface area contributed by atoms with Crippen molar-refractivity contribution in [2.45, 2.75) is 39.2 Å². The molecule has 0 aliphatic carbocycles. The van der Waals surface area contributed by atoms with Crippen LogP contribution in [0.2, 0.25) is 0 Å². The molecule has 6 nitrogen and oxygen atoms in total. The molecule has 3 N–H and O–H groups in total. The second kappa shape index (κ2) is 11.0. The molecule has 0 aliphatic heterocycles. The summed E-state index contributed by atoms with van der Waals surface area (Å²) < 4.78 is 26.5. The number of benzene rings is 2. The summed E-state index contributed by atoms with van der Waals surface area (Å²) in [6.45, 7) is 5.63. The highest BCUT2D eigenvalue weighted by molar-refractivity contribution is 7.63. The van der Waals surface area contributed by atoms with Crippen LogP contribution in [0, 0.1) is 24.3 Å². The fourth-order valence-electron chi connectivity index (χ4n) is 3.75. The van der Waals surface area contributed by atoms with Crippen molar-refractivity contribution in [3.8, 4) is 34.0 Å². The van der Waals surface area contributed by atoms with Gasteiger partial charge < -0.3 is 15.1 Å². The molecule has 0 fully saturated rings. The summed E-state index contributed by atoms with van der Waals surface area (Å²) in [6, 6.07) is 15.7. The number of carboxylic acids is 1. The van der Waals surface area contributed by atoms with Gasteiger partial charge in [-0.15, -0.1) is 0 Å². The second-order valence-corrected chi connectivity index (χ2v) is 10.7. The van der Waals surface area contributed by atoms with Crippen molar-refractivity contribution >= 4 is 13.3 Å². The standard InChI is InChI=1S/C27H27FNO5P/c1-17(2)27-23(11-12-35(33,34)16-21(30)14-26(31)32)24(22-10-9-20(28)13-18(22)3)15-25(29-27)19-7-5-4-6-8-19/h4-10,13,15,17,21,30H,14,16H2,1-3H3,(H,31,32)(H,33,34)/t21-/m0/s1. The van der Waals surface area contributed by atoms with Gasteiger partial charge in [0.25, 0.3) is 7.37 Å². The zero-order chi connectivity index (χ0) is 25.8. The molecule has 2 aromatic carbocycles. The molecule has 0 radical (unpaired) electrons. The van der Waals surface area contributed by atoms with E-state index in [4.69, 9.17) is 10.1 Å². The lowest BCUT2D eigenvalue weighted by Gasteiger charge is -2.17. The first kappa shape index (κ1) is 26.3. The van der Waals surface area contributed by atoms with Gasteiger partial charge in [0.2, 0.25) is 0 Å². The van der Waals surface area contributed by atoms with Crippen LogP contribution in [-0.4, -0.2) is 38.3 Å². The fourth-order valence-corrected chi connectivity index (χ4v) is 4.83. The lowest BCUT2D eigenvalue weighted by Crippen LogP contribution is -2.17. The minimum atomic E-state index is -4.18. The number of hydrogen-bond acceptors (Lipinski definition) is 4. The normalized spacial score (nSPS) is 13.6. The monoisotopic (exact) mass is 495 g/mol. The molecule has 1 aromatic heterocycles. The Morgan fingerprint density at radius 1 is 1.11 bits per heavy atom. The van der Waals surface area contributed by atoms with Crippen LogP contribution in [0.5, 0.6) is 0 Å². The van der Waals surface area contributed by atoms with E-state index in [0.29, 0.717) is 33.6 Å². The lowest BCUT2D eigenvalue weighted by atomic mass is 9.91. The van der Waals surface area contributed by atoms with Crippen LogP contribution < -0.4 is 0 Å². The van der Waals surface area contributed by atoms with Gasteiger partial charge >= 0.3 is 5.97 Å². The van der Waals surface area contributed by atoms with Gasteiger partial charge in [0.05, 0.1) is 35.6 Å². The highest BCUT2D eigenvalue weighted by atomic mass is 31.2. The molecule has 0 amide bonds. The van der Waals surface area contributed by atoms with Gasteiger partial charge in [0.1, 0.15) is 5.82 Å². The van der Waals surface area contributed by atoms with Crippen LogP contribution in [0.15, 0.2) is 54.6 Å². The molecule has 0 aliphatic rings. The van der Waals surface area contributed by atoms with Crippen molar-refractivity contribution in [2.75, 3.05) is 6.16 Å². The Hall–Kier alpha value is -3.30. The summed E-state index contributed by atoms with van der Waals surface area (Å²) >= 11 is 0. The molecule has 3 aromatic rings. The predicted molar refractivity (Wildman–Crippen MR) is 134 cm³/mol. The van der Waals surface area contributed by atoms with Crippen LogP contribution >= 0.6 is 7.37 Å². The second-order valence-electron chi connectivity index (χ2n) is 8.67. The van der Waals surface area contributed by atoms with E-state index < -0.39 is 32.0 Å². The molecule has 0 saturated heterocycles. The van der Waals surface area contributed by atoms with Crippen molar-refractivity contribution in [3.63, 3.8) is 0 Å². The van der Waals surface area contributed by atoms with E-state index in [1.54, 1.807) is 13.0 Å². The molecule has 0 spiro atoms. The summed E-state index contributed by atoms with van der Waals surface area (Å²) in [5, 5.41) is 18.6. The predicted octanol–water partition coefficient (Wildman–Crippen LogP) is 5.40. The van der Waals surface area contributed by atoms with Crippen LogP contribution in [0.4, 0.5) is 4.39 Å². The van der Waals surface area contributed by atoms with Gasteiger partial charge in [-0.3, -0.25) is 14.3 Å². The number of aryl methyl sites for hydroxylation is 1. The Morgan fingerprint density at radius 3 is 2.40 bits per heavy atom. The molecule has 35 heavy (non-hydrogen) atoms. The minimum absolute atomic E-state index is 0.0989. The van der Waals surface area contributed by atoms with E-state index in [9.17, 15) is 23.7 Å². The van der Waals surface area contributed by atoms with Crippen LogP contribution in [0.1, 0.15) is 43.0 Å².